The van der Waals surface area contributed by atoms with Crippen LogP contribution in [0, 0.1) is 10.1 Å². The van der Waals surface area contributed by atoms with Gasteiger partial charge in [-0.15, -0.1) is 0 Å². The second-order valence-corrected chi connectivity index (χ2v) is 5.18. The molecule has 1 heterocycles. The van der Waals surface area contributed by atoms with E-state index in [-0.39, 0.29) is 11.3 Å². The molecule has 0 bridgehead atoms. The number of rotatable bonds is 3. The van der Waals surface area contributed by atoms with Crippen molar-refractivity contribution in [1.82, 2.24) is 0 Å². The molecule has 9 heteroatoms. The minimum absolute atomic E-state index is 0.232. The number of esters is 1. The number of nitro groups is 1. The molecule has 1 aromatic rings. The van der Waals surface area contributed by atoms with Gasteiger partial charge in [0.05, 0.1) is 11.0 Å². The average molecular weight is 309 g/mol. The third-order valence-electron chi connectivity index (χ3n) is 3.95. The van der Waals surface area contributed by atoms with E-state index >= 15 is 0 Å². The SMILES string of the molecule is O=C1O[C@H]([C@@]2(O)C(O)C2c2cccc([N+](=O)[O-])c2)C(O)=C1O. The van der Waals surface area contributed by atoms with Crippen molar-refractivity contribution in [2.24, 2.45) is 0 Å². The van der Waals surface area contributed by atoms with Crippen molar-refractivity contribution in [3.63, 3.8) is 0 Å². The molecule has 0 saturated heterocycles. The van der Waals surface area contributed by atoms with Crippen molar-refractivity contribution in [3.8, 4) is 0 Å². The summed E-state index contributed by atoms with van der Waals surface area (Å²) in [6, 6.07) is 5.25. The summed E-state index contributed by atoms with van der Waals surface area (Å²) in [4.78, 5) is 21.3. The number of aliphatic hydroxyl groups excluding tert-OH is 3. The molecule has 2 unspecified atom stereocenters. The summed E-state index contributed by atoms with van der Waals surface area (Å²) < 4.78 is 4.66. The molecule has 4 atom stereocenters. The van der Waals surface area contributed by atoms with Crippen molar-refractivity contribution in [2.75, 3.05) is 0 Å². The van der Waals surface area contributed by atoms with Gasteiger partial charge in [0.2, 0.25) is 5.76 Å². The highest BCUT2D eigenvalue weighted by Crippen LogP contribution is 2.57. The Balaban J connectivity index is 1.94. The number of hydrogen-bond acceptors (Lipinski definition) is 8. The van der Waals surface area contributed by atoms with Crippen LogP contribution in [-0.2, 0) is 9.53 Å². The van der Waals surface area contributed by atoms with Crippen LogP contribution in [0.15, 0.2) is 35.8 Å². The Morgan fingerprint density at radius 2 is 2.00 bits per heavy atom. The van der Waals surface area contributed by atoms with E-state index in [0.717, 1.165) is 0 Å². The van der Waals surface area contributed by atoms with Crippen LogP contribution >= 0.6 is 0 Å². The molecule has 1 saturated carbocycles. The third-order valence-corrected chi connectivity index (χ3v) is 3.95. The fourth-order valence-electron chi connectivity index (χ4n) is 2.74. The zero-order chi connectivity index (χ0) is 16.2. The summed E-state index contributed by atoms with van der Waals surface area (Å²) in [6.07, 6.45) is -3.04. The van der Waals surface area contributed by atoms with E-state index in [2.05, 4.69) is 4.74 Å². The molecule has 2 aliphatic rings. The molecule has 0 spiro atoms. The zero-order valence-electron chi connectivity index (χ0n) is 10.9. The van der Waals surface area contributed by atoms with Gasteiger partial charge >= 0.3 is 5.97 Å². The van der Waals surface area contributed by atoms with Crippen molar-refractivity contribution in [2.45, 2.75) is 23.7 Å². The topological polar surface area (TPSA) is 150 Å². The van der Waals surface area contributed by atoms with Gasteiger partial charge < -0.3 is 25.2 Å². The van der Waals surface area contributed by atoms with Crippen LogP contribution in [0.5, 0.6) is 0 Å². The Morgan fingerprint density at radius 1 is 1.32 bits per heavy atom. The summed E-state index contributed by atoms with van der Waals surface area (Å²) in [5.74, 6) is -4.12. The maximum absolute atomic E-state index is 11.2. The van der Waals surface area contributed by atoms with Gasteiger partial charge in [0.25, 0.3) is 5.69 Å². The molecule has 1 aromatic carbocycles. The number of cyclic esters (lactones) is 1. The second kappa shape index (κ2) is 4.42. The first-order chi connectivity index (χ1) is 10.3. The molecule has 1 aliphatic heterocycles. The van der Waals surface area contributed by atoms with Gasteiger partial charge in [0, 0.05) is 18.1 Å². The minimum Gasteiger partial charge on any atom is -0.505 e. The van der Waals surface area contributed by atoms with Crippen molar-refractivity contribution >= 4 is 11.7 Å². The summed E-state index contributed by atoms with van der Waals surface area (Å²) >= 11 is 0. The summed E-state index contributed by atoms with van der Waals surface area (Å²) in [6.45, 7) is 0. The normalized spacial score (nSPS) is 33.7. The lowest BCUT2D eigenvalue weighted by Gasteiger charge is -2.17. The molecule has 116 valence electrons. The Bertz CT molecular complexity index is 714. The highest BCUT2D eigenvalue weighted by atomic mass is 16.6. The van der Waals surface area contributed by atoms with Crippen molar-refractivity contribution in [3.05, 3.63) is 51.5 Å². The van der Waals surface area contributed by atoms with Crippen LogP contribution in [0.3, 0.4) is 0 Å². The molecular weight excluding hydrogens is 298 g/mol. The highest BCUT2D eigenvalue weighted by molar-refractivity contribution is 5.89. The zero-order valence-corrected chi connectivity index (χ0v) is 10.9. The summed E-state index contributed by atoms with van der Waals surface area (Å²) in [7, 11) is 0. The predicted molar refractivity (Wildman–Crippen MR) is 69.0 cm³/mol. The number of carbonyl (C=O) groups is 1. The van der Waals surface area contributed by atoms with Gasteiger partial charge in [-0.05, 0) is 5.56 Å². The van der Waals surface area contributed by atoms with E-state index in [0.29, 0.717) is 0 Å². The van der Waals surface area contributed by atoms with Gasteiger partial charge in [-0.25, -0.2) is 4.79 Å². The first-order valence-electron chi connectivity index (χ1n) is 6.26. The van der Waals surface area contributed by atoms with Crippen molar-refractivity contribution in [1.29, 1.82) is 0 Å². The smallest absolute Gasteiger partial charge is 0.378 e. The molecule has 1 aliphatic carbocycles. The number of benzene rings is 1. The van der Waals surface area contributed by atoms with Crippen LogP contribution in [0.2, 0.25) is 0 Å². The van der Waals surface area contributed by atoms with Crippen LogP contribution in [-0.4, -0.2) is 49.1 Å². The molecule has 9 nitrogen and oxygen atoms in total. The number of hydrogen-bond donors (Lipinski definition) is 4. The first-order valence-corrected chi connectivity index (χ1v) is 6.26. The molecule has 1 fully saturated rings. The van der Waals surface area contributed by atoms with Crippen LogP contribution in [0.4, 0.5) is 5.69 Å². The van der Waals surface area contributed by atoms with Gasteiger partial charge in [-0.2, -0.15) is 0 Å². The Hall–Kier alpha value is -2.65. The number of aliphatic hydroxyl groups is 4. The number of nitro benzene ring substituents is 1. The molecular formula is C13H11NO8. The maximum atomic E-state index is 11.2. The fourth-order valence-corrected chi connectivity index (χ4v) is 2.74. The Labute approximate surface area is 122 Å². The van der Waals surface area contributed by atoms with Gasteiger partial charge in [0.1, 0.15) is 5.60 Å². The lowest BCUT2D eigenvalue weighted by Crippen LogP contribution is -2.35. The van der Waals surface area contributed by atoms with E-state index < -0.39 is 46.1 Å². The molecule has 0 radical (unpaired) electrons. The third kappa shape index (κ3) is 1.76. The number of nitrogens with zero attached hydrogens (tertiary/aromatic N) is 1. The van der Waals surface area contributed by atoms with Gasteiger partial charge in [-0.1, -0.05) is 12.1 Å². The maximum Gasteiger partial charge on any atom is 0.378 e. The first kappa shape index (κ1) is 14.3. The quantitative estimate of drug-likeness (QED) is 0.347. The van der Waals surface area contributed by atoms with Crippen LogP contribution in [0.25, 0.3) is 0 Å². The summed E-state index contributed by atoms with van der Waals surface area (Å²) in [5, 5.41) is 50.1. The van der Waals surface area contributed by atoms with E-state index in [1.165, 1.54) is 24.3 Å². The fraction of sp³-hybridized carbons (Fsp3) is 0.308. The van der Waals surface area contributed by atoms with Crippen LogP contribution in [0.1, 0.15) is 11.5 Å². The summed E-state index contributed by atoms with van der Waals surface area (Å²) in [5.41, 5.74) is -2.04. The van der Waals surface area contributed by atoms with Gasteiger partial charge in [-0.3, -0.25) is 10.1 Å². The van der Waals surface area contributed by atoms with Crippen LogP contribution < -0.4 is 0 Å². The van der Waals surface area contributed by atoms with E-state index in [9.17, 15) is 35.3 Å². The lowest BCUT2D eigenvalue weighted by molar-refractivity contribution is -0.384. The Morgan fingerprint density at radius 3 is 2.55 bits per heavy atom. The van der Waals surface area contributed by atoms with E-state index in [1.807, 2.05) is 0 Å². The number of carbonyl (C=O) groups excluding carboxylic acids is 1. The highest BCUT2D eigenvalue weighted by Gasteiger charge is 2.72. The standard InChI is InChI=1S/C13H11NO8/c15-8-9(16)12(18)22-11(8)13(19)7(10(13)17)5-2-1-3-6(4-5)14(20)21/h1-4,7,10-11,15-17,19H/t7?,10?,11-,13-/m0/s1. The predicted octanol–water partition coefficient (Wildman–Crippen LogP) is 0.0370. The van der Waals surface area contributed by atoms with Crippen molar-refractivity contribution < 1.29 is 34.9 Å². The molecule has 22 heavy (non-hydrogen) atoms. The largest absolute Gasteiger partial charge is 0.505 e. The lowest BCUT2D eigenvalue weighted by atomic mass is 10.0. The number of non-ortho nitro benzene ring substituents is 1. The minimum atomic E-state index is -2.06. The van der Waals surface area contributed by atoms with Gasteiger partial charge in [0.15, 0.2) is 11.9 Å². The number of ether oxygens (including phenoxy) is 1. The molecule has 0 aromatic heterocycles. The average Bonchev–Trinajstić information content (AvgIpc) is 2.94. The van der Waals surface area contributed by atoms with E-state index in [4.69, 9.17) is 0 Å². The second-order valence-electron chi connectivity index (χ2n) is 5.18. The van der Waals surface area contributed by atoms with E-state index in [1.54, 1.807) is 0 Å². The Kier molecular flexibility index (Phi) is 2.87. The molecule has 3 rings (SSSR count). The molecule has 0 amide bonds. The monoisotopic (exact) mass is 309 g/mol. The molecule has 4 N–H and O–H groups in total.